The molecule has 0 saturated heterocycles. The summed E-state index contributed by atoms with van der Waals surface area (Å²) in [6.45, 7) is 9.88. The second kappa shape index (κ2) is 15.2. The van der Waals surface area contributed by atoms with Crippen LogP contribution in [-0.2, 0) is 0 Å². The second-order valence-corrected chi connectivity index (χ2v) is 19.6. The largest absolute Gasteiger partial charge is 0.333 e. The molecule has 4 fully saturated rings. The number of nitrogens with zero attached hydrogens (tertiary/aromatic N) is 2. The molecule has 0 bridgehead atoms. The van der Waals surface area contributed by atoms with E-state index in [9.17, 15) is 0 Å². The van der Waals surface area contributed by atoms with Crippen LogP contribution in [0.15, 0.2) is 0 Å². The lowest BCUT2D eigenvalue weighted by molar-refractivity contribution is 0.134. The van der Waals surface area contributed by atoms with Crippen molar-refractivity contribution < 1.29 is 0 Å². The van der Waals surface area contributed by atoms with E-state index in [2.05, 4.69) is 37.0 Å². The first-order valence-corrected chi connectivity index (χ1v) is 19.3. The number of hydrogen-bond acceptors (Lipinski definition) is 2. The molecule has 0 unspecified atom stereocenters. The zero-order chi connectivity index (χ0) is 25.5. The summed E-state index contributed by atoms with van der Waals surface area (Å²) in [5.41, 5.74) is 1.35. The molecule has 4 aliphatic rings. The van der Waals surface area contributed by atoms with Gasteiger partial charge in [-0.1, -0.05) is 116 Å². The molecule has 0 atom stereocenters. The lowest BCUT2D eigenvalue weighted by Crippen LogP contribution is -2.50. The maximum Gasteiger partial charge on any atom is 0.0124 e. The lowest BCUT2D eigenvalue weighted by atomic mass is 9.90. The number of hydrogen-bond donors (Lipinski definition) is 0. The van der Waals surface area contributed by atoms with Crippen molar-refractivity contribution in [3.63, 3.8) is 0 Å². The van der Waals surface area contributed by atoms with E-state index in [1.807, 2.05) is 0 Å². The molecular formula is C31H58ClN2P2-. The van der Waals surface area contributed by atoms with Crippen LogP contribution < -0.4 is 0 Å². The van der Waals surface area contributed by atoms with Crippen LogP contribution in [0.25, 0.3) is 0 Å². The van der Waals surface area contributed by atoms with Gasteiger partial charge in [-0.05, 0) is 51.4 Å². The Labute approximate surface area is 233 Å². The van der Waals surface area contributed by atoms with Crippen molar-refractivity contribution in [3.8, 4) is 0 Å². The van der Waals surface area contributed by atoms with Gasteiger partial charge in [-0.3, -0.25) is 9.34 Å². The van der Waals surface area contributed by atoms with E-state index >= 15 is 0 Å². The maximum atomic E-state index is 7.96. The van der Waals surface area contributed by atoms with Gasteiger partial charge >= 0.3 is 0 Å². The molecule has 0 heterocycles. The van der Waals surface area contributed by atoms with E-state index in [0.717, 1.165) is 24.2 Å². The molecule has 0 aliphatic heterocycles. The predicted octanol–water partition coefficient (Wildman–Crippen LogP) is 11.2. The Morgan fingerprint density at radius 3 is 0.972 bits per heavy atom. The molecule has 0 amide bonds. The Kier molecular flexibility index (Phi) is 12.7. The van der Waals surface area contributed by atoms with Crippen LogP contribution >= 0.6 is 27.7 Å². The Hall–Kier alpha value is 1.07. The van der Waals surface area contributed by atoms with Crippen molar-refractivity contribution in [2.75, 3.05) is 0 Å². The highest BCUT2D eigenvalue weighted by atomic mass is 35.5. The molecule has 0 spiro atoms. The fourth-order valence-corrected chi connectivity index (χ4v) is 17.4. The minimum absolute atomic E-state index is 0.301. The summed E-state index contributed by atoms with van der Waals surface area (Å²) in [5.74, 6) is 0. The van der Waals surface area contributed by atoms with E-state index in [4.69, 9.17) is 11.6 Å². The van der Waals surface area contributed by atoms with Crippen LogP contribution in [0.4, 0.5) is 0 Å². The van der Waals surface area contributed by atoms with Gasteiger partial charge in [0.15, 0.2) is 0 Å². The van der Waals surface area contributed by atoms with E-state index < -0.39 is 8.22 Å². The average Bonchev–Trinajstić information content (AvgIpc) is 2.90. The molecule has 0 aromatic rings. The van der Waals surface area contributed by atoms with Gasteiger partial charge < -0.3 is 11.6 Å². The summed E-state index contributed by atoms with van der Waals surface area (Å²) in [6.07, 6.45) is 28.6. The SMILES string of the molecule is CC(C)P([C-](Cl)P(N(C1CCCCC1)C1CCCCC1)N(C1CCCCC1)C1CCCCC1)C(C)C. The molecule has 0 aromatic heterocycles. The van der Waals surface area contributed by atoms with Gasteiger partial charge in [0.05, 0.1) is 0 Å². The van der Waals surface area contributed by atoms with E-state index in [-0.39, 0.29) is 7.92 Å². The molecule has 0 N–H and O–H groups in total. The van der Waals surface area contributed by atoms with E-state index in [1.165, 1.54) is 133 Å². The Balaban J connectivity index is 1.78. The highest BCUT2D eigenvalue weighted by molar-refractivity contribution is 7.81. The van der Waals surface area contributed by atoms with Crippen LogP contribution in [0, 0.1) is 4.86 Å². The lowest BCUT2D eigenvalue weighted by Gasteiger charge is -2.63. The monoisotopic (exact) mass is 555 g/mol. The van der Waals surface area contributed by atoms with Gasteiger partial charge in [-0.15, -0.1) is 13.1 Å². The van der Waals surface area contributed by atoms with Crippen molar-refractivity contribution in [2.24, 2.45) is 0 Å². The molecule has 0 aromatic carbocycles. The van der Waals surface area contributed by atoms with Crippen molar-refractivity contribution in [1.29, 1.82) is 0 Å². The molecule has 210 valence electrons. The first-order chi connectivity index (χ1) is 17.5. The van der Waals surface area contributed by atoms with Crippen molar-refractivity contribution in [2.45, 2.75) is 192 Å². The molecule has 4 rings (SSSR count). The minimum atomic E-state index is -0.567. The standard InChI is InChI=1S/C31H58ClN2P2/c1-25(2)35(26(3)4)31(32)36(33(27-17-9-5-10-18-27)28-19-11-6-12-20-28)34(29-21-13-7-14-22-29)30-23-15-8-16-24-30/h25-30H,5-24H2,1-4H3/q-1. The summed E-state index contributed by atoms with van der Waals surface area (Å²) < 4.78 is 6.42. The Bertz CT molecular complexity index is 524. The fraction of sp³-hybridized carbons (Fsp3) is 0.968. The minimum Gasteiger partial charge on any atom is -0.333 e. The van der Waals surface area contributed by atoms with Crippen LogP contribution in [0.1, 0.15) is 156 Å². The molecule has 4 saturated carbocycles. The smallest absolute Gasteiger partial charge is 0.0124 e. The Morgan fingerprint density at radius 2 is 0.750 bits per heavy atom. The van der Waals surface area contributed by atoms with Gasteiger partial charge in [-0.25, -0.2) is 7.92 Å². The van der Waals surface area contributed by atoms with Gasteiger partial charge in [0.25, 0.3) is 0 Å². The summed E-state index contributed by atoms with van der Waals surface area (Å²) >= 11 is 7.96. The third-order valence-corrected chi connectivity index (χ3v) is 17.2. The summed E-state index contributed by atoms with van der Waals surface area (Å²) in [4.78, 5) is 1.46. The van der Waals surface area contributed by atoms with Gasteiger partial charge in [0.1, 0.15) is 0 Å². The zero-order valence-electron chi connectivity index (χ0n) is 24.3. The molecule has 0 radical (unpaired) electrons. The van der Waals surface area contributed by atoms with Crippen LogP contribution in [-0.4, -0.2) is 44.8 Å². The average molecular weight is 556 g/mol. The fourth-order valence-electron chi connectivity index (χ4n) is 8.03. The number of rotatable bonds is 10. The van der Waals surface area contributed by atoms with Crippen molar-refractivity contribution in [3.05, 3.63) is 4.86 Å². The van der Waals surface area contributed by atoms with E-state index in [0.29, 0.717) is 11.3 Å². The van der Waals surface area contributed by atoms with Crippen LogP contribution in [0.3, 0.4) is 0 Å². The Morgan fingerprint density at radius 1 is 0.500 bits per heavy atom. The third kappa shape index (κ3) is 7.62. The zero-order valence-corrected chi connectivity index (χ0v) is 26.8. The molecular weight excluding hydrogens is 498 g/mol. The van der Waals surface area contributed by atoms with Gasteiger partial charge in [0, 0.05) is 24.2 Å². The maximum absolute atomic E-state index is 7.96. The molecule has 2 nitrogen and oxygen atoms in total. The highest BCUT2D eigenvalue weighted by Crippen LogP contribution is 2.75. The van der Waals surface area contributed by atoms with Crippen molar-refractivity contribution >= 4 is 27.7 Å². The van der Waals surface area contributed by atoms with E-state index in [1.54, 1.807) is 0 Å². The van der Waals surface area contributed by atoms with Crippen LogP contribution in [0.5, 0.6) is 0 Å². The molecule has 36 heavy (non-hydrogen) atoms. The molecule has 4 aliphatic carbocycles. The summed E-state index contributed by atoms with van der Waals surface area (Å²) in [5, 5.41) is 0. The highest BCUT2D eigenvalue weighted by Gasteiger charge is 2.41. The normalized spacial score (nSPS) is 25.0. The predicted molar refractivity (Wildman–Crippen MR) is 164 cm³/mol. The second-order valence-electron chi connectivity index (χ2n) is 13.1. The summed E-state index contributed by atoms with van der Waals surface area (Å²) in [6, 6.07) is 3.08. The summed E-state index contributed by atoms with van der Waals surface area (Å²) in [7, 11) is -0.868. The molecule has 5 heteroatoms. The first-order valence-electron chi connectivity index (χ1n) is 16.2. The number of halogens is 1. The first kappa shape index (κ1) is 30.0. The van der Waals surface area contributed by atoms with Crippen LogP contribution in [0.2, 0.25) is 0 Å². The quantitative estimate of drug-likeness (QED) is 0.195. The van der Waals surface area contributed by atoms with Crippen molar-refractivity contribution in [1.82, 2.24) is 9.34 Å². The topological polar surface area (TPSA) is 6.48 Å². The van der Waals surface area contributed by atoms with Gasteiger partial charge in [0.2, 0.25) is 0 Å². The van der Waals surface area contributed by atoms with Gasteiger partial charge in [-0.2, -0.15) is 0 Å². The third-order valence-electron chi connectivity index (χ3n) is 9.72.